The predicted molar refractivity (Wildman–Crippen MR) is 123 cm³/mol. The lowest BCUT2D eigenvalue weighted by Gasteiger charge is -2.23. The van der Waals surface area contributed by atoms with Crippen molar-refractivity contribution < 1.29 is 4.79 Å². The van der Waals surface area contributed by atoms with Crippen LogP contribution in [-0.4, -0.2) is 44.0 Å². The van der Waals surface area contributed by atoms with Crippen LogP contribution in [-0.2, 0) is 6.42 Å². The lowest BCUT2D eigenvalue weighted by molar-refractivity contribution is 0.102. The SMILES string of the molecule is CCCCc1nc2ccc(NC(=O)c3nnn(C4CCNCC4)c3C)cc2[nH]1.Cl.Cl. The molecule has 0 radical (unpaired) electrons. The molecule has 3 N–H and O–H groups in total. The first kappa shape index (κ1) is 24.1. The fourth-order valence-electron chi connectivity index (χ4n) is 3.74. The number of benzene rings is 1. The van der Waals surface area contributed by atoms with Gasteiger partial charge in [-0.15, -0.1) is 29.9 Å². The number of aryl methyl sites for hydroxylation is 1. The van der Waals surface area contributed by atoms with E-state index in [1.807, 2.05) is 29.8 Å². The molecule has 1 saturated heterocycles. The van der Waals surface area contributed by atoms with Crippen LogP contribution in [0.25, 0.3) is 11.0 Å². The lowest BCUT2D eigenvalue weighted by atomic mass is 10.1. The number of halogens is 2. The Morgan fingerprint density at radius 1 is 1.27 bits per heavy atom. The molecule has 3 heterocycles. The van der Waals surface area contributed by atoms with Gasteiger partial charge in [-0.05, 0) is 57.5 Å². The Hall–Kier alpha value is -2.16. The van der Waals surface area contributed by atoms with Crippen molar-refractivity contribution in [2.75, 3.05) is 18.4 Å². The van der Waals surface area contributed by atoms with E-state index in [4.69, 9.17) is 0 Å². The summed E-state index contributed by atoms with van der Waals surface area (Å²) in [5.41, 5.74) is 3.76. The number of H-pyrrole nitrogens is 1. The van der Waals surface area contributed by atoms with E-state index >= 15 is 0 Å². The number of hydrogen-bond donors (Lipinski definition) is 3. The van der Waals surface area contributed by atoms with Gasteiger partial charge >= 0.3 is 0 Å². The standard InChI is InChI=1S/C20H27N7O.2ClH/c1-3-4-5-18-23-16-7-6-14(12-17(16)24-18)22-20(28)19-13(2)27(26-25-19)15-8-10-21-11-9-15;;/h6-7,12,15,21H,3-5,8-11H2,1-2H3,(H,22,28)(H,23,24);2*1H. The zero-order valence-corrected chi connectivity index (χ0v) is 18.9. The maximum absolute atomic E-state index is 12.7. The second-order valence-corrected chi connectivity index (χ2v) is 7.42. The highest BCUT2D eigenvalue weighted by molar-refractivity contribution is 6.04. The molecule has 3 aromatic rings. The van der Waals surface area contributed by atoms with Crippen LogP contribution in [0.15, 0.2) is 18.2 Å². The Morgan fingerprint density at radius 2 is 2.03 bits per heavy atom. The number of aromatic amines is 1. The zero-order chi connectivity index (χ0) is 19.5. The van der Waals surface area contributed by atoms with Crippen molar-refractivity contribution in [2.24, 2.45) is 0 Å². The van der Waals surface area contributed by atoms with E-state index in [9.17, 15) is 4.79 Å². The van der Waals surface area contributed by atoms with Crippen molar-refractivity contribution in [3.8, 4) is 0 Å². The molecule has 1 aromatic carbocycles. The van der Waals surface area contributed by atoms with E-state index in [-0.39, 0.29) is 30.7 Å². The first-order valence-electron chi connectivity index (χ1n) is 10.1. The molecule has 1 fully saturated rings. The molecule has 10 heteroatoms. The third kappa shape index (κ3) is 5.11. The van der Waals surface area contributed by atoms with Crippen LogP contribution < -0.4 is 10.6 Å². The van der Waals surface area contributed by atoms with Gasteiger partial charge in [-0.25, -0.2) is 9.67 Å². The van der Waals surface area contributed by atoms with Gasteiger partial charge in [-0.1, -0.05) is 18.6 Å². The smallest absolute Gasteiger partial charge is 0.278 e. The fourth-order valence-corrected chi connectivity index (χ4v) is 3.74. The highest BCUT2D eigenvalue weighted by atomic mass is 35.5. The second kappa shape index (κ2) is 10.7. The van der Waals surface area contributed by atoms with Crippen molar-refractivity contribution in [3.05, 3.63) is 35.4 Å². The molecule has 0 aliphatic carbocycles. The van der Waals surface area contributed by atoms with Crippen molar-refractivity contribution >= 4 is 47.4 Å². The number of fused-ring (bicyclic) bond motifs is 1. The number of carbonyl (C=O) groups is 1. The van der Waals surface area contributed by atoms with Gasteiger partial charge in [0.15, 0.2) is 5.69 Å². The number of hydrogen-bond acceptors (Lipinski definition) is 5. The van der Waals surface area contributed by atoms with Crippen LogP contribution in [0.4, 0.5) is 5.69 Å². The van der Waals surface area contributed by atoms with E-state index in [2.05, 4.69) is 37.8 Å². The number of nitrogens with one attached hydrogen (secondary N) is 3. The summed E-state index contributed by atoms with van der Waals surface area (Å²) in [5, 5.41) is 14.7. The van der Waals surface area contributed by atoms with Gasteiger partial charge in [0.2, 0.25) is 0 Å². The molecule has 30 heavy (non-hydrogen) atoms. The first-order valence-corrected chi connectivity index (χ1v) is 10.1. The largest absolute Gasteiger partial charge is 0.342 e. The average molecular weight is 454 g/mol. The maximum Gasteiger partial charge on any atom is 0.278 e. The summed E-state index contributed by atoms with van der Waals surface area (Å²) in [5.74, 6) is 0.754. The summed E-state index contributed by atoms with van der Waals surface area (Å²) in [4.78, 5) is 20.7. The lowest BCUT2D eigenvalue weighted by Crippen LogP contribution is -2.30. The molecule has 0 bridgehead atoms. The van der Waals surface area contributed by atoms with Gasteiger partial charge in [0.1, 0.15) is 5.82 Å². The quantitative estimate of drug-likeness (QED) is 0.526. The number of amides is 1. The van der Waals surface area contributed by atoms with E-state index < -0.39 is 0 Å². The minimum Gasteiger partial charge on any atom is -0.342 e. The number of nitrogens with zero attached hydrogens (tertiary/aromatic N) is 4. The highest BCUT2D eigenvalue weighted by Gasteiger charge is 2.23. The van der Waals surface area contributed by atoms with Gasteiger partial charge in [0, 0.05) is 12.1 Å². The number of aromatic nitrogens is 5. The summed E-state index contributed by atoms with van der Waals surface area (Å²) in [6.45, 7) is 6.01. The summed E-state index contributed by atoms with van der Waals surface area (Å²) in [6, 6.07) is 6.02. The molecule has 4 rings (SSSR count). The van der Waals surface area contributed by atoms with Crippen LogP contribution in [0.3, 0.4) is 0 Å². The van der Waals surface area contributed by atoms with Crippen LogP contribution >= 0.6 is 24.8 Å². The molecule has 164 valence electrons. The summed E-state index contributed by atoms with van der Waals surface area (Å²) < 4.78 is 1.90. The highest BCUT2D eigenvalue weighted by Crippen LogP contribution is 2.22. The Bertz CT molecular complexity index is 979. The zero-order valence-electron chi connectivity index (χ0n) is 17.3. The molecular weight excluding hydrogens is 425 g/mol. The topological polar surface area (TPSA) is 101 Å². The number of piperidine rings is 1. The molecule has 1 aliphatic heterocycles. The van der Waals surface area contributed by atoms with Gasteiger partial charge < -0.3 is 15.6 Å². The third-order valence-electron chi connectivity index (χ3n) is 5.35. The van der Waals surface area contributed by atoms with E-state index in [0.29, 0.717) is 11.7 Å². The molecule has 1 aliphatic rings. The van der Waals surface area contributed by atoms with E-state index in [1.165, 1.54) is 0 Å². The molecule has 0 saturated carbocycles. The minimum atomic E-state index is -0.234. The average Bonchev–Trinajstić information content (AvgIpc) is 3.29. The van der Waals surface area contributed by atoms with Gasteiger partial charge in [0.25, 0.3) is 5.91 Å². The van der Waals surface area contributed by atoms with Crippen LogP contribution in [0.1, 0.15) is 60.7 Å². The molecule has 0 spiro atoms. The van der Waals surface area contributed by atoms with Crippen LogP contribution in [0.5, 0.6) is 0 Å². The van der Waals surface area contributed by atoms with Gasteiger partial charge in [-0.3, -0.25) is 4.79 Å². The van der Waals surface area contributed by atoms with Crippen molar-refractivity contribution in [1.29, 1.82) is 0 Å². The molecule has 8 nitrogen and oxygen atoms in total. The number of imidazole rings is 1. The second-order valence-electron chi connectivity index (χ2n) is 7.42. The first-order chi connectivity index (χ1) is 13.7. The Balaban J connectivity index is 0.00000160. The Kier molecular flexibility index (Phi) is 8.64. The normalized spacial score (nSPS) is 14.2. The van der Waals surface area contributed by atoms with Crippen molar-refractivity contribution in [1.82, 2.24) is 30.3 Å². The summed E-state index contributed by atoms with van der Waals surface area (Å²) >= 11 is 0. The molecule has 0 atom stereocenters. The van der Waals surface area contributed by atoms with E-state index in [0.717, 1.165) is 73.4 Å². The molecule has 2 aromatic heterocycles. The van der Waals surface area contributed by atoms with Gasteiger partial charge in [0.05, 0.1) is 22.8 Å². The molecule has 0 unspecified atom stereocenters. The molecular formula is C20H29Cl2N7O. The van der Waals surface area contributed by atoms with Crippen LogP contribution in [0, 0.1) is 6.92 Å². The maximum atomic E-state index is 12.7. The predicted octanol–water partition coefficient (Wildman–Crippen LogP) is 3.83. The number of anilines is 1. The van der Waals surface area contributed by atoms with Crippen molar-refractivity contribution in [3.63, 3.8) is 0 Å². The Morgan fingerprint density at radius 3 is 2.77 bits per heavy atom. The Labute approximate surface area is 188 Å². The number of carbonyl (C=O) groups excluding carboxylic acids is 1. The van der Waals surface area contributed by atoms with Crippen molar-refractivity contribution in [2.45, 2.75) is 52.0 Å². The van der Waals surface area contributed by atoms with E-state index in [1.54, 1.807) is 0 Å². The summed E-state index contributed by atoms with van der Waals surface area (Å²) in [6.07, 6.45) is 5.18. The minimum absolute atomic E-state index is 0. The summed E-state index contributed by atoms with van der Waals surface area (Å²) in [7, 11) is 0. The van der Waals surface area contributed by atoms with Gasteiger partial charge in [-0.2, -0.15) is 0 Å². The monoisotopic (exact) mass is 453 g/mol. The third-order valence-corrected chi connectivity index (χ3v) is 5.35. The number of rotatable bonds is 6. The fraction of sp³-hybridized carbons (Fsp3) is 0.500. The number of unbranched alkanes of at least 4 members (excludes halogenated alkanes) is 1. The molecule has 1 amide bonds. The van der Waals surface area contributed by atoms with Crippen LogP contribution in [0.2, 0.25) is 0 Å².